The normalized spacial score (nSPS) is 16.0. The van der Waals surface area contributed by atoms with Crippen LogP contribution in [0.15, 0.2) is 18.2 Å². The Balaban J connectivity index is 2.17. The first kappa shape index (κ1) is 14.1. The largest absolute Gasteiger partial charge is 0.326 e. The van der Waals surface area contributed by atoms with Crippen molar-refractivity contribution in [2.45, 2.75) is 59.3 Å². The van der Waals surface area contributed by atoms with Crippen molar-refractivity contribution < 1.29 is 4.79 Å². The number of aryl methyl sites for hydroxylation is 1. The maximum absolute atomic E-state index is 12.2. The highest BCUT2D eigenvalue weighted by Crippen LogP contribution is 2.41. The number of hydrogen-bond acceptors (Lipinski definition) is 1. The van der Waals surface area contributed by atoms with Gasteiger partial charge in [-0.3, -0.25) is 4.79 Å². The van der Waals surface area contributed by atoms with Crippen molar-refractivity contribution in [2.75, 3.05) is 5.32 Å². The van der Waals surface area contributed by atoms with Crippen LogP contribution in [0.2, 0.25) is 0 Å². The summed E-state index contributed by atoms with van der Waals surface area (Å²) in [5.74, 6) is 0.771. The van der Waals surface area contributed by atoms with Gasteiger partial charge in [-0.05, 0) is 42.2 Å². The number of nitrogens with one attached hydrogen (secondary N) is 1. The van der Waals surface area contributed by atoms with Crippen LogP contribution >= 0.6 is 0 Å². The number of carbonyl (C=O) groups excluding carboxylic acids is 1. The van der Waals surface area contributed by atoms with Gasteiger partial charge in [0.25, 0.3) is 0 Å². The third-order valence-electron chi connectivity index (χ3n) is 3.81. The third kappa shape index (κ3) is 3.59. The maximum Gasteiger partial charge on any atom is 0.224 e. The molecule has 1 aliphatic carbocycles. The minimum Gasteiger partial charge on any atom is -0.326 e. The summed E-state index contributed by atoms with van der Waals surface area (Å²) in [7, 11) is 0. The zero-order valence-electron chi connectivity index (χ0n) is 12.5. The lowest BCUT2D eigenvalue weighted by molar-refractivity contribution is -0.117. The standard InChI is InChI=1S/C17H25NO/c1-12-7-5-10-14(13-8-6-9-13)16(12)18-15(19)11-17(2,3)4/h5,7,10,13H,6,8-9,11H2,1-4H3,(H,18,19). The first-order chi connectivity index (χ1) is 8.87. The molecule has 0 unspecified atom stereocenters. The molecular weight excluding hydrogens is 234 g/mol. The summed E-state index contributed by atoms with van der Waals surface area (Å²) >= 11 is 0. The molecule has 1 amide bonds. The monoisotopic (exact) mass is 259 g/mol. The van der Waals surface area contributed by atoms with Gasteiger partial charge < -0.3 is 5.32 Å². The first-order valence-corrected chi connectivity index (χ1v) is 7.26. The van der Waals surface area contributed by atoms with E-state index < -0.39 is 0 Å². The smallest absolute Gasteiger partial charge is 0.224 e. The summed E-state index contributed by atoms with van der Waals surface area (Å²) in [5.41, 5.74) is 3.59. The van der Waals surface area contributed by atoms with E-state index in [0.29, 0.717) is 12.3 Å². The molecule has 0 spiro atoms. The molecule has 0 atom stereocenters. The van der Waals surface area contributed by atoms with Gasteiger partial charge in [0.2, 0.25) is 5.91 Å². The average molecular weight is 259 g/mol. The molecule has 1 saturated carbocycles. The lowest BCUT2D eigenvalue weighted by Crippen LogP contribution is -2.22. The molecule has 2 nitrogen and oxygen atoms in total. The second-order valence-electron chi connectivity index (χ2n) is 6.95. The Hall–Kier alpha value is -1.31. The van der Waals surface area contributed by atoms with Crippen LogP contribution in [-0.2, 0) is 4.79 Å². The van der Waals surface area contributed by atoms with Crippen LogP contribution in [0, 0.1) is 12.3 Å². The van der Waals surface area contributed by atoms with Gasteiger partial charge in [-0.2, -0.15) is 0 Å². The van der Waals surface area contributed by atoms with Crippen molar-refractivity contribution in [3.05, 3.63) is 29.3 Å². The number of para-hydroxylation sites is 1. The molecule has 0 radical (unpaired) electrons. The van der Waals surface area contributed by atoms with Gasteiger partial charge >= 0.3 is 0 Å². The minimum absolute atomic E-state index is 0.0312. The SMILES string of the molecule is Cc1cccc(C2CCC2)c1NC(=O)CC(C)(C)C. The lowest BCUT2D eigenvalue weighted by atomic mass is 9.78. The van der Waals surface area contributed by atoms with Crippen LogP contribution < -0.4 is 5.32 Å². The van der Waals surface area contributed by atoms with Crippen LogP contribution in [0.4, 0.5) is 5.69 Å². The molecule has 1 fully saturated rings. The van der Waals surface area contributed by atoms with Crippen molar-refractivity contribution in [3.63, 3.8) is 0 Å². The topological polar surface area (TPSA) is 29.1 Å². The van der Waals surface area contributed by atoms with E-state index in [1.807, 2.05) is 0 Å². The van der Waals surface area contributed by atoms with Gasteiger partial charge in [0.05, 0.1) is 0 Å². The number of carbonyl (C=O) groups is 1. The molecule has 2 rings (SSSR count). The Bertz CT molecular complexity index is 467. The molecule has 1 aliphatic rings. The van der Waals surface area contributed by atoms with Gasteiger partial charge in [0, 0.05) is 12.1 Å². The fourth-order valence-electron chi connectivity index (χ4n) is 2.59. The zero-order chi connectivity index (χ0) is 14.0. The van der Waals surface area contributed by atoms with E-state index >= 15 is 0 Å². The lowest BCUT2D eigenvalue weighted by Gasteiger charge is -2.29. The predicted molar refractivity (Wildman–Crippen MR) is 80.5 cm³/mol. The van der Waals surface area contributed by atoms with Crippen LogP contribution in [0.3, 0.4) is 0 Å². The number of hydrogen-bond donors (Lipinski definition) is 1. The van der Waals surface area contributed by atoms with E-state index in [2.05, 4.69) is 51.2 Å². The molecule has 19 heavy (non-hydrogen) atoms. The van der Waals surface area contributed by atoms with Crippen molar-refractivity contribution in [2.24, 2.45) is 5.41 Å². The maximum atomic E-state index is 12.2. The van der Waals surface area contributed by atoms with Gasteiger partial charge in [0.1, 0.15) is 0 Å². The highest BCUT2D eigenvalue weighted by atomic mass is 16.1. The average Bonchev–Trinajstić information content (AvgIpc) is 2.17. The van der Waals surface area contributed by atoms with Crippen molar-refractivity contribution in [1.82, 2.24) is 0 Å². The summed E-state index contributed by atoms with van der Waals surface area (Å²) in [6.07, 6.45) is 4.39. The molecule has 0 saturated heterocycles. The molecule has 2 heteroatoms. The van der Waals surface area contributed by atoms with E-state index in [1.165, 1.54) is 30.4 Å². The Morgan fingerprint density at radius 1 is 1.32 bits per heavy atom. The van der Waals surface area contributed by atoms with Crippen LogP contribution in [0.5, 0.6) is 0 Å². The van der Waals surface area contributed by atoms with E-state index in [1.54, 1.807) is 0 Å². The molecular formula is C17H25NO. The third-order valence-corrected chi connectivity index (χ3v) is 3.81. The van der Waals surface area contributed by atoms with E-state index in [0.717, 1.165) is 5.69 Å². The predicted octanol–water partition coefficient (Wildman–Crippen LogP) is 4.64. The van der Waals surface area contributed by atoms with Crippen LogP contribution in [-0.4, -0.2) is 5.91 Å². The fourth-order valence-corrected chi connectivity index (χ4v) is 2.59. The van der Waals surface area contributed by atoms with Crippen molar-refractivity contribution in [3.8, 4) is 0 Å². The Kier molecular flexibility index (Phi) is 3.98. The highest BCUT2D eigenvalue weighted by molar-refractivity contribution is 5.92. The van der Waals surface area contributed by atoms with E-state index in [-0.39, 0.29) is 11.3 Å². The number of anilines is 1. The summed E-state index contributed by atoms with van der Waals surface area (Å²) in [6, 6.07) is 6.35. The summed E-state index contributed by atoms with van der Waals surface area (Å²) in [5, 5.41) is 3.15. The highest BCUT2D eigenvalue weighted by Gasteiger charge is 2.24. The Morgan fingerprint density at radius 3 is 2.53 bits per heavy atom. The molecule has 0 bridgehead atoms. The molecule has 0 aromatic heterocycles. The van der Waals surface area contributed by atoms with Crippen molar-refractivity contribution in [1.29, 1.82) is 0 Å². The van der Waals surface area contributed by atoms with Crippen molar-refractivity contribution >= 4 is 11.6 Å². The number of benzene rings is 1. The fraction of sp³-hybridized carbons (Fsp3) is 0.588. The quantitative estimate of drug-likeness (QED) is 0.842. The molecule has 1 aromatic rings. The second kappa shape index (κ2) is 5.36. The molecule has 1 aromatic carbocycles. The van der Waals surface area contributed by atoms with E-state index in [4.69, 9.17) is 0 Å². The summed E-state index contributed by atoms with van der Waals surface area (Å²) < 4.78 is 0. The van der Waals surface area contributed by atoms with Gasteiger partial charge in [-0.1, -0.05) is 45.4 Å². The Labute approximate surface area is 116 Å². The number of amides is 1. The molecule has 0 aliphatic heterocycles. The first-order valence-electron chi connectivity index (χ1n) is 7.26. The molecule has 1 N–H and O–H groups in total. The zero-order valence-corrected chi connectivity index (χ0v) is 12.5. The summed E-state index contributed by atoms with van der Waals surface area (Å²) in [6.45, 7) is 8.36. The minimum atomic E-state index is 0.0312. The molecule has 104 valence electrons. The summed E-state index contributed by atoms with van der Waals surface area (Å²) in [4.78, 5) is 12.2. The van der Waals surface area contributed by atoms with Crippen LogP contribution in [0.25, 0.3) is 0 Å². The van der Waals surface area contributed by atoms with Gasteiger partial charge in [0.15, 0.2) is 0 Å². The van der Waals surface area contributed by atoms with Gasteiger partial charge in [-0.25, -0.2) is 0 Å². The Morgan fingerprint density at radius 2 is 2.00 bits per heavy atom. The second-order valence-corrected chi connectivity index (χ2v) is 6.95. The van der Waals surface area contributed by atoms with Crippen LogP contribution in [0.1, 0.15) is 63.5 Å². The number of rotatable bonds is 3. The van der Waals surface area contributed by atoms with Gasteiger partial charge in [-0.15, -0.1) is 0 Å². The molecule has 0 heterocycles. The van der Waals surface area contributed by atoms with E-state index in [9.17, 15) is 4.79 Å².